The van der Waals surface area contributed by atoms with Gasteiger partial charge in [0.1, 0.15) is 28.5 Å². The molecule has 0 bridgehead atoms. The predicted octanol–water partition coefficient (Wildman–Crippen LogP) is 6.22. The van der Waals surface area contributed by atoms with Crippen molar-refractivity contribution >= 4 is 34.4 Å². The number of nitrogens with zero attached hydrogens (tertiary/aromatic N) is 3. The lowest BCUT2D eigenvalue weighted by atomic mass is 10.0. The monoisotopic (exact) mass is 442 g/mol. The summed E-state index contributed by atoms with van der Waals surface area (Å²) in [5.74, 6) is 0.610. The van der Waals surface area contributed by atoms with Crippen LogP contribution >= 0.6 is 11.6 Å². The molecule has 1 amide bonds. The van der Waals surface area contributed by atoms with Crippen LogP contribution < -0.4 is 10.1 Å². The average Bonchev–Trinajstić information content (AvgIpc) is 3.34. The van der Waals surface area contributed by atoms with Crippen molar-refractivity contribution in [2.75, 3.05) is 12.4 Å². The molecule has 164 valence electrons. The summed E-state index contributed by atoms with van der Waals surface area (Å²) in [7, 11) is 1.60. The van der Waals surface area contributed by atoms with E-state index in [0.717, 1.165) is 35.0 Å². The third-order valence-electron chi connectivity index (χ3n) is 5.42. The Bertz CT molecular complexity index is 1110. The van der Waals surface area contributed by atoms with E-state index in [4.69, 9.17) is 21.1 Å². The zero-order chi connectivity index (χ0) is 22.2. The van der Waals surface area contributed by atoms with Crippen LogP contribution in [0.25, 0.3) is 22.2 Å². The number of fused-ring (bicyclic) bond motifs is 1. The van der Waals surface area contributed by atoms with Crippen molar-refractivity contribution in [1.82, 2.24) is 14.5 Å². The zero-order valence-electron chi connectivity index (χ0n) is 18.2. The Kier molecular flexibility index (Phi) is 5.79. The molecule has 7 nitrogen and oxygen atoms in total. The molecular weight excluding hydrogens is 416 g/mol. The highest BCUT2D eigenvalue weighted by Crippen LogP contribution is 2.42. The molecule has 2 heterocycles. The van der Waals surface area contributed by atoms with Gasteiger partial charge in [-0.05, 0) is 45.7 Å². The standard InChI is InChI=1S/C23H27ClN4O3/c1-23(2,3)31-22(29)27-14-9-10-16(18(11-14)30-4)17-12-28(15-7-5-6-8-15)21-19(17)20(24)25-13-26-21/h9-13,15H,5-8H2,1-4H3,(H,27,29). The van der Waals surface area contributed by atoms with Crippen LogP contribution in [-0.4, -0.2) is 33.3 Å². The smallest absolute Gasteiger partial charge is 0.412 e. The van der Waals surface area contributed by atoms with Crippen LogP contribution in [0.5, 0.6) is 5.75 Å². The Labute approximate surface area is 186 Å². The molecule has 8 heteroatoms. The number of hydrogen-bond donors (Lipinski definition) is 1. The summed E-state index contributed by atoms with van der Waals surface area (Å²) in [5.41, 5.74) is 2.60. The van der Waals surface area contributed by atoms with Crippen LogP contribution in [0.2, 0.25) is 5.15 Å². The van der Waals surface area contributed by atoms with E-state index in [1.807, 2.05) is 32.9 Å². The Morgan fingerprint density at radius 2 is 1.94 bits per heavy atom. The van der Waals surface area contributed by atoms with Gasteiger partial charge in [-0.1, -0.05) is 24.4 Å². The molecule has 3 aromatic rings. The molecule has 0 spiro atoms. The second-order valence-electron chi connectivity index (χ2n) is 8.79. The first-order chi connectivity index (χ1) is 14.8. The summed E-state index contributed by atoms with van der Waals surface area (Å²) in [6, 6.07) is 5.90. The first-order valence-electron chi connectivity index (χ1n) is 10.5. The van der Waals surface area contributed by atoms with E-state index in [1.54, 1.807) is 13.2 Å². The summed E-state index contributed by atoms with van der Waals surface area (Å²) in [4.78, 5) is 20.9. The highest BCUT2D eigenvalue weighted by atomic mass is 35.5. The first kappa shape index (κ1) is 21.4. The largest absolute Gasteiger partial charge is 0.496 e. The van der Waals surface area contributed by atoms with Crippen molar-refractivity contribution in [2.24, 2.45) is 0 Å². The minimum Gasteiger partial charge on any atom is -0.496 e. The van der Waals surface area contributed by atoms with Crippen molar-refractivity contribution in [3.05, 3.63) is 35.9 Å². The zero-order valence-corrected chi connectivity index (χ0v) is 19.0. The van der Waals surface area contributed by atoms with Gasteiger partial charge in [0.05, 0.1) is 12.5 Å². The molecule has 1 aromatic carbocycles. The maximum Gasteiger partial charge on any atom is 0.412 e. The number of ether oxygens (including phenoxy) is 2. The summed E-state index contributed by atoms with van der Waals surface area (Å²) < 4.78 is 13.2. The number of benzene rings is 1. The lowest BCUT2D eigenvalue weighted by Crippen LogP contribution is -2.27. The Balaban J connectivity index is 1.75. The molecule has 0 atom stereocenters. The van der Waals surface area contributed by atoms with Gasteiger partial charge < -0.3 is 14.0 Å². The molecule has 31 heavy (non-hydrogen) atoms. The van der Waals surface area contributed by atoms with Crippen LogP contribution in [0.1, 0.15) is 52.5 Å². The second kappa shape index (κ2) is 8.38. The van der Waals surface area contributed by atoms with Gasteiger partial charge in [0.15, 0.2) is 0 Å². The second-order valence-corrected chi connectivity index (χ2v) is 9.15. The molecule has 0 saturated heterocycles. The molecule has 1 aliphatic carbocycles. The fourth-order valence-electron chi connectivity index (χ4n) is 4.13. The number of aromatic nitrogens is 3. The van der Waals surface area contributed by atoms with E-state index in [9.17, 15) is 4.79 Å². The minimum absolute atomic E-state index is 0.404. The maximum atomic E-state index is 12.1. The van der Waals surface area contributed by atoms with E-state index in [2.05, 4.69) is 26.0 Å². The number of amides is 1. The SMILES string of the molecule is COc1cc(NC(=O)OC(C)(C)C)ccc1-c1cn(C2CCCC2)c2ncnc(Cl)c12. The third-order valence-corrected chi connectivity index (χ3v) is 5.70. The van der Waals surface area contributed by atoms with Crippen molar-refractivity contribution in [3.63, 3.8) is 0 Å². The molecule has 2 aromatic heterocycles. The summed E-state index contributed by atoms with van der Waals surface area (Å²) >= 11 is 6.51. The van der Waals surface area contributed by atoms with Crippen LogP contribution in [-0.2, 0) is 4.74 Å². The van der Waals surface area contributed by atoms with E-state index < -0.39 is 11.7 Å². The lowest BCUT2D eigenvalue weighted by molar-refractivity contribution is 0.0636. The topological polar surface area (TPSA) is 78.3 Å². The number of nitrogens with one attached hydrogen (secondary N) is 1. The van der Waals surface area contributed by atoms with Gasteiger partial charge in [-0.2, -0.15) is 0 Å². The maximum absolute atomic E-state index is 12.1. The lowest BCUT2D eigenvalue weighted by Gasteiger charge is -2.20. The van der Waals surface area contributed by atoms with Crippen LogP contribution in [0.4, 0.5) is 10.5 Å². The number of hydrogen-bond acceptors (Lipinski definition) is 5. The summed E-state index contributed by atoms with van der Waals surface area (Å²) in [6.45, 7) is 5.46. The Morgan fingerprint density at radius 3 is 2.61 bits per heavy atom. The summed E-state index contributed by atoms with van der Waals surface area (Å²) in [6.07, 6.45) is 7.77. The van der Waals surface area contributed by atoms with Crippen molar-refractivity contribution < 1.29 is 14.3 Å². The van der Waals surface area contributed by atoms with Gasteiger partial charge in [-0.15, -0.1) is 0 Å². The van der Waals surface area contributed by atoms with E-state index in [1.165, 1.54) is 19.2 Å². The van der Waals surface area contributed by atoms with Gasteiger partial charge in [0, 0.05) is 35.1 Å². The molecule has 0 unspecified atom stereocenters. The molecule has 1 N–H and O–H groups in total. The van der Waals surface area contributed by atoms with Gasteiger partial charge in [-0.25, -0.2) is 14.8 Å². The van der Waals surface area contributed by atoms with E-state index in [-0.39, 0.29) is 0 Å². The van der Waals surface area contributed by atoms with Crippen molar-refractivity contribution in [1.29, 1.82) is 0 Å². The van der Waals surface area contributed by atoms with Gasteiger partial charge in [0.25, 0.3) is 0 Å². The normalized spacial score (nSPS) is 14.7. The molecule has 0 radical (unpaired) electrons. The quantitative estimate of drug-likeness (QED) is 0.485. The third kappa shape index (κ3) is 4.46. The number of anilines is 1. The Morgan fingerprint density at radius 1 is 1.19 bits per heavy atom. The number of carbonyl (C=O) groups excluding carboxylic acids is 1. The average molecular weight is 443 g/mol. The number of rotatable bonds is 4. The van der Waals surface area contributed by atoms with E-state index in [0.29, 0.717) is 22.6 Å². The van der Waals surface area contributed by atoms with E-state index >= 15 is 0 Å². The highest BCUT2D eigenvalue weighted by molar-refractivity contribution is 6.35. The van der Waals surface area contributed by atoms with Crippen molar-refractivity contribution in [3.8, 4) is 16.9 Å². The van der Waals surface area contributed by atoms with Gasteiger partial charge in [-0.3, -0.25) is 5.32 Å². The number of methoxy groups -OCH3 is 1. The number of halogens is 1. The predicted molar refractivity (Wildman–Crippen MR) is 122 cm³/mol. The Hall–Kier alpha value is -2.80. The molecular formula is C23H27ClN4O3. The fourth-order valence-corrected chi connectivity index (χ4v) is 4.36. The molecule has 1 fully saturated rings. The highest BCUT2D eigenvalue weighted by Gasteiger charge is 2.24. The van der Waals surface area contributed by atoms with Gasteiger partial charge in [0.2, 0.25) is 0 Å². The van der Waals surface area contributed by atoms with Gasteiger partial charge >= 0.3 is 6.09 Å². The molecule has 1 saturated carbocycles. The number of carbonyl (C=O) groups is 1. The molecule has 0 aliphatic heterocycles. The molecule has 4 rings (SSSR count). The minimum atomic E-state index is -0.576. The van der Waals surface area contributed by atoms with Crippen LogP contribution in [0.3, 0.4) is 0 Å². The first-order valence-corrected chi connectivity index (χ1v) is 10.8. The summed E-state index contributed by atoms with van der Waals surface area (Å²) in [5, 5.41) is 3.97. The van der Waals surface area contributed by atoms with Crippen LogP contribution in [0, 0.1) is 0 Å². The molecule has 1 aliphatic rings. The van der Waals surface area contributed by atoms with Crippen molar-refractivity contribution in [2.45, 2.75) is 58.1 Å². The van der Waals surface area contributed by atoms with Crippen LogP contribution in [0.15, 0.2) is 30.7 Å². The fraction of sp³-hybridized carbons (Fsp3) is 0.435.